The third-order valence-electron chi connectivity index (χ3n) is 4.40. The topological polar surface area (TPSA) is 72.1 Å². The molecule has 8 nitrogen and oxygen atoms in total. The highest BCUT2D eigenvalue weighted by Gasteiger charge is 2.30. The third-order valence-corrected chi connectivity index (χ3v) is 4.40. The summed E-state index contributed by atoms with van der Waals surface area (Å²) < 4.78 is 3.84. The van der Waals surface area contributed by atoms with Crippen LogP contribution in [0, 0.1) is 0 Å². The Morgan fingerprint density at radius 1 is 1.27 bits per heavy atom. The van der Waals surface area contributed by atoms with E-state index in [1.165, 1.54) is 0 Å². The van der Waals surface area contributed by atoms with Gasteiger partial charge in [-0.2, -0.15) is 5.10 Å². The second-order valence-corrected chi connectivity index (χ2v) is 5.91. The minimum Gasteiger partial charge on any atom is -0.309 e. The maximum Gasteiger partial charge on any atom is 0.227 e. The number of aromatic nitrogens is 5. The van der Waals surface area contributed by atoms with Gasteiger partial charge in [-0.25, -0.2) is 0 Å². The Hall–Kier alpha value is -2.22. The van der Waals surface area contributed by atoms with E-state index in [0.717, 1.165) is 44.8 Å². The van der Waals surface area contributed by atoms with E-state index in [1.54, 1.807) is 12.4 Å². The molecule has 1 amide bonds. The van der Waals surface area contributed by atoms with Crippen molar-refractivity contribution in [3.63, 3.8) is 0 Å². The van der Waals surface area contributed by atoms with Crippen LogP contribution in [0.2, 0.25) is 0 Å². The zero-order valence-electron chi connectivity index (χ0n) is 12.4. The van der Waals surface area contributed by atoms with Crippen molar-refractivity contribution in [2.75, 3.05) is 31.1 Å². The molecule has 0 atom stereocenters. The monoisotopic (exact) mass is 301 g/mol. The first-order valence-corrected chi connectivity index (χ1v) is 7.70. The molecule has 2 aromatic heterocycles. The van der Waals surface area contributed by atoms with Gasteiger partial charge in [-0.3, -0.25) is 19.1 Å². The highest BCUT2D eigenvalue weighted by atomic mass is 16.2. The first-order valence-electron chi connectivity index (χ1n) is 7.70. The molecule has 116 valence electrons. The number of carbonyl (C=O) groups is 1. The third kappa shape index (κ3) is 2.50. The summed E-state index contributed by atoms with van der Waals surface area (Å²) in [6, 6.07) is 0.405. The molecule has 0 aromatic carbocycles. The van der Waals surface area contributed by atoms with Gasteiger partial charge in [0.15, 0.2) is 0 Å². The van der Waals surface area contributed by atoms with Crippen LogP contribution in [0.1, 0.15) is 18.9 Å². The summed E-state index contributed by atoms with van der Waals surface area (Å²) in [6.07, 6.45) is 8.99. The molecule has 0 saturated carbocycles. The lowest BCUT2D eigenvalue weighted by molar-refractivity contribution is -0.117. The molecule has 8 heteroatoms. The molecule has 2 aromatic rings. The van der Waals surface area contributed by atoms with Crippen LogP contribution in [0.15, 0.2) is 24.8 Å². The normalized spacial score (nSPS) is 19.8. The molecule has 22 heavy (non-hydrogen) atoms. The van der Waals surface area contributed by atoms with Crippen LogP contribution in [0.25, 0.3) is 0 Å². The molecular weight excluding hydrogens is 282 g/mol. The van der Waals surface area contributed by atoms with Gasteiger partial charge in [0.1, 0.15) is 0 Å². The number of hydrogen-bond donors (Lipinski definition) is 0. The van der Waals surface area contributed by atoms with Crippen LogP contribution in [0.3, 0.4) is 0 Å². The van der Waals surface area contributed by atoms with E-state index in [1.807, 2.05) is 26.7 Å². The quantitative estimate of drug-likeness (QED) is 0.786. The van der Waals surface area contributed by atoms with Crippen LogP contribution in [0.5, 0.6) is 0 Å². The van der Waals surface area contributed by atoms with E-state index in [9.17, 15) is 4.79 Å². The maximum atomic E-state index is 11.8. The number of likely N-dealkylation sites (tertiary alicyclic amines) is 1. The molecule has 0 unspecified atom stereocenters. The molecule has 0 radical (unpaired) electrons. The molecule has 2 aliphatic rings. The zero-order chi connectivity index (χ0) is 14.9. The van der Waals surface area contributed by atoms with Gasteiger partial charge in [0.2, 0.25) is 5.91 Å². The van der Waals surface area contributed by atoms with Crippen molar-refractivity contribution in [3.8, 4) is 0 Å². The SMILES string of the molecule is O=C1CCCN1c1cnn(C2CN(CCn3ccnn3)C2)c1. The second kappa shape index (κ2) is 5.53. The number of carbonyl (C=O) groups excluding carboxylic acids is 1. The van der Waals surface area contributed by atoms with Crippen molar-refractivity contribution in [1.29, 1.82) is 0 Å². The summed E-state index contributed by atoms with van der Waals surface area (Å²) in [5.41, 5.74) is 0.934. The fourth-order valence-corrected chi connectivity index (χ4v) is 3.08. The Kier molecular flexibility index (Phi) is 3.38. The molecule has 0 aliphatic carbocycles. The number of anilines is 1. The Morgan fingerprint density at radius 2 is 2.18 bits per heavy atom. The van der Waals surface area contributed by atoms with Crippen molar-refractivity contribution in [1.82, 2.24) is 29.7 Å². The average molecular weight is 301 g/mol. The van der Waals surface area contributed by atoms with Gasteiger partial charge in [-0.05, 0) is 6.42 Å². The first-order chi connectivity index (χ1) is 10.8. The van der Waals surface area contributed by atoms with E-state index in [-0.39, 0.29) is 5.91 Å². The van der Waals surface area contributed by atoms with Crippen LogP contribution in [0.4, 0.5) is 5.69 Å². The standard InChI is InChI=1S/C14H19N7O/c22-14-2-1-4-20(14)12-8-16-21(11-12)13-9-18(10-13)6-7-19-5-3-15-17-19/h3,5,8,11,13H,1-2,4,6-7,9-10H2. The summed E-state index contributed by atoms with van der Waals surface area (Å²) >= 11 is 0. The predicted octanol–water partition coefficient (Wildman–Crippen LogP) is 0.158. The van der Waals surface area contributed by atoms with E-state index in [4.69, 9.17) is 0 Å². The number of nitrogens with zero attached hydrogens (tertiary/aromatic N) is 7. The fraction of sp³-hybridized carbons (Fsp3) is 0.571. The van der Waals surface area contributed by atoms with Gasteiger partial charge in [0, 0.05) is 45.0 Å². The zero-order valence-corrected chi connectivity index (χ0v) is 12.4. The highest BCUT2D eigenvalue weighted by Crippen LogP contribution is 2.25. The molecule has 0 spiro atoms. The van der Waals surface area contributed by atoms with Gasteiger partial charge in [0.05, 0.1) is 30.7 Å². The minimum absolute atomic E-state index is 0.211. The lowest BCUT2D eigenvalue weighted by atomic mass is 10.1. The van der Waals surface area contributed by atoms with Crippen molar-refractivity contribution in [3.05, 3.63) is 24.8 Å². The van der Waals surface area contributed by atoms with E-state index < -0.39 is 0 Å². The Morgan fingerprint density at radius 3 is 2.91 bits per heavy atom. The Balaban J connectivity index is 1.29. The summed E-state index contributed by atoms with van der Waals surface area (Å²) in [4.78, 5) is 16.0. The summed E-state index contributed by atoms with van der Waals surface area (Å²) in [5, 5.41) is 12.2. The predicted molar refractivity (Wildman–Crippen MR) is 79.3 cm³/mol. The highest BCUT2D eigenvalue weighted by molar-refractivity contribution is 5.95. The van der Waals surface area contributed by atoms with Crippen LogP contribution >= 0.6 is 0 Å². The van der Waals surface area contributed by atoms with Gasteiger partial charge >= 0.3 is 0 Å². The minimum atomic E-state index is 0.211. The van der Waals surface area contributed by atoms with Gasteiger partial charge in [-0.15, -0.1) is 5.10 Å². The molecule has 4 heterocycles. The fourth-order valence-electron chi connectivity index (χ4n) is 3.08. The van der Waals surface area contributed by atoms with Crippen LogP contribution in [-0.2, 0) is 11.3 Å². The second-order valence-electron chi connectivity index (χ2n) is 5.91. The van der Waals surface area contributed by atoms with Crippen LogP contribution in [-0.4, -0.2) is 61.8 Å². The van der Waals surface area contributed by atoms with E-state index in [2.05, 4.69) is 20.3 Å². The molecular formula is C14H19N7O. The van der Waals surface area contributed by atoms with Gasteiger partial charge < -0.3 is 4.90 Å². The average Bonchev–Trinajstić information content (AvgIpc) is 3.17. The number of hydrogen-bond acceptors (Lipinski definition) is 5. The van der Waals surface area contributed by atoms with E-state index >= 15 is 0 Å². The Bertz CT molecular complexity index is 644. The summed E-state index contributed by atoms with van der Waals surface area (Å²) in [5.74, 6) is 0.211. The van der Waals surface area contributed by atoms with Crippen molar-refractivity contribution in [2.45, 2.75) is 25.4 Å². The Labute approximate surface area is 128 Å². The number of amides is 1. The smallest absolute Gasteiger partial charge is 0.227 e. The van der Waals surface area contributed by atoms with Gasteiger partial charge in [0.25, 0.3) is 0 Å². The van der Waals surface area contributed by atoms with Crippen molar-refractivity contribution in [2.24, 2.45) is 0 Å². The molecule has 2 fully saturated rings. The molecule has 2 saturated heterocycles. The van der Waals surface area contributed by atoms with Crippen molar-refractivity contribution >= 4 is 11.6 Å². The lowest BCUT2D eigenvalue weighted by Gasteiger charge is -2.39. The molecule has 2 aliphatic heterocycles. The lowest BCUT2D eigenvalue weighted by Crippen LogP contribution is -2.48. The molecule has 0 N–H and O–H groups in total. The van der Waals surface area contributed by atoms with Crippen LogP contribution < -0.4 is 4.90 Å². The van der Waals surface area contributed by atoms with Gasteiger partial charge in [-0.1, -0.05) is 5.21 Å². The maximum absolute atomic E-state index is 11.8. The van der Waals surface area contributed by atoms with E-state index in [0.29, 0.717) is 12.5 Å². The molecule has 4 rings (SSSR count). The number of rotatable bonds is 5. The summed E-state index contributed by atoms with van der Waals surface area (Å²) in [7, 11) is 0. The largest absolute Gasteiger partial charge is 0.309 e. The van der Waals surface area contributed by atoms with Crippen molar-refractivity contribution < 1.29 is 4.79 Å². The first kappa shape index (κ1) is 13.4. The summed E-state index contributed by atoms with van der Waals surface area (Å²) in [6.45, 7) is 4.63. The molecule has 0 bridgehead atoms.